The van der Waals surface area contributed by atoms with Crippen molar-refractivity contribution in [1.29, 1.82) is 0 Å². The van der Waals surface area contributed by atoms with E-state index >= 15 is 0 Å². The molecule has 0 saturated carbocycles. The highest BCUT2D eigenvalue weighted by Crippen LogP contribution is 2.21. The Balaban J connectivity index is 2.25. The molecule has 0 aliphatic carbocycles. The normalized spacial score (nSPS) is 21.5. The van der Waals surface area contributed by atoms with Crippen LogP contribution < -0.4 is 5.32 Å². The van der Waals surface area contributed by atoms with Crippen LogP contribution in [0.25, 0.3) is 0 Å². The zero-order valence-corrected chi connectivity index (χ0v) is 11.2. The average Bonchev–Trinajstić information content (AvgIpc) is 2.29. The third kappa shape index (κ3) is 7.21. The SMILES string of the molecule is CCCN(CCCC(F)(F)F)CC1CCCNC1. The molecule has 0 radical (unpaired) electrons. The van der Waals surface area contributed by atoms with Gasteiger partial charge in [0.2, 0.25) is 0 Å². The highest BCUT2D eigenvalue weighted by Gasteiger charge is 2.26. The van der Waals surface area contributed by atoms with Crippen molar-refractivity contribution >= 4 is 0 Å². The van der Waals surface area contributed by atoms with Crippen molar-refractivity contribution in [1.82, 2.24) is 10.2 Å². The summed E-state index contributed by atoms with van der Waals surface area (Å²) in [5.41, 5.74) is 0. The second-order valence-corrected chi connectivity index (χ2v) is 5.23. The van der Waals surface area contributed by atoms with Gasteiger partial charge in [-0.05, 0) is 57.8 Å². The van der Waals surface area contributed by atoms with Crippen molar-refractivity contribution in [2.75, 3.05) is 32.7 Å². The molecule has 5 heteroatoms. The van der Waals surface area contributed by atoms with E-state index in [1.54, 1.807) is 0 Å². The zero-order valence-electron chi connectivity index (χ0n) is 11.2. The molecular formula is C13H25F3N2. The van der Waals surface area contributed by atoms with E-state index in [0.29, 0.717) is 12.5 Å². The molecule has 1 heterocycles. The Morgan fingerprint density at radius 2 is 2.06 bits per heavy atom. The first-order valence-electron chi connectivity index (χ1n) is 7.01. The Bertz CT molecular complexity index is 213. The maximum Gasteiger partial charge on any atom is 0.389 e. The van der Waals surface area contributed by atoms with Gasteiger partial charge in [0.25, 0.3) is 0 Å². The first-order chi connectivity index (χ1) is 8.51. The number of alkyl halides is 3. The van der Waals surface area contributed by atoms with Crippen LogP contribution in [0.3, 0.4) is 0 Å². The van der Waals surface area contributed by atoms with Crippen molar-refractivity contribution in [2.45, 2.75) is 45.2 Å². The highest BCUT2D eigenvalue weighted by atomic mass is 19.4. The number of rotatable bonds is 7. The fraction of sp³-hybridized carbons (Fsp3) is 1.00. The maximum atomic E-state index is 12.1. The molecule has 2 nitrogen and oxygen atoms in total. The second-order valence-electron chi connectivity index (χ2n) is 5.23. The number of hydrogen-bond acceptors (Lipinski definition) is 2. The van der Waals surface area contributed by atoms with Crippen LogP contribution in [-0.4, -0.2) is 43.8 Å². The van der Waals surface area contributed by atoms with Crippen LogP contribution in [0.1, 0.15) is 39.0 Å². The van der Waals surface area contributed by atoms with E-state index < -0.39 is 12.6 Å². The lowest BCUT2D eigenvalue weighted by Gasteiger charge is -2.30. The first-order valence-corrected chi connectivity index (χ1v) is 7.01. The van der Waals surface area contributed by atoms with Crippen molar-refractivity contribution in [3.63, 3.8) is 0 Å². The summed E-state index contributed by atoms with van der Waals surface area (Å²) in [6.45, 7) is 6.60. The number of halogens is 3. The number of nitrogens with zero attached hydrogens (tertiary/aromatic N) is 1. The van der Waals surface area contributed by atoms with Gasteiger partial charge in [-0.1, -0.05) is 6.92 Å². The van der Waals surface area contributed by atoms with Crippen LogP contribution in [0, 0.1) is 5.92 Å². The third-order valence-corrected chi connectivity index (χ3v) is 3.39. The summed E-state index contributed by atoms with van der Waals surface area (Å²) in [6.07, 6.45) is -1.05. The molecule has 1 N–H and O–H groups in total. The molecule has 18 heavy (non-hydrogen) atoms. The maximum absolute atomic E-state index is 12.1. The molecule has 0 amide bonds. The number of piperidine rings is 1. The Morgan fingerprint density at radius 1 is 1.28 bits per heavy atom. The molecular weight excluding hydrogens is 241 g/mol. The number of nitrogens with one attached hydrogen (secondary N) is 1. The molecule has 0 spiro atoms. The summed E-state index contributed by atoms with van der Waals surface area (Å²) in [5.74, 6) is 0.608. The molecule has 1 atom stereocenters. The Hall–Kier alpha value is -0.290. The zero-order chi connectivity index (χ0) is 13.4. The summed E-state index contributed by atoms with van der Waals surface area (Å²) in [6, 6.07) is 0. The van der Waals surface area contributed by atoms with Crippen molar-refractivity contribution in [3.05, 3.63) is 0 Å². The minimum Gasteiger partial charge on any atom is -0.316 e. The lowest BCUT2D eigenvalue weighted by atomic mass is 9.99. The van der Waals surface area contributed by atoms with Crippen LogP contribution >= 0.6 is 0 Å². The first kappa shape index (κ1) is 15.8. The minimum atomic E-state index is -4.01. The largest absolute Gasteiger partial charge is 0.389 e. The van der Waals surface area contributed by atoms with E-state index in [4.69, 9.17) is 0 Å². The van der Waals surface area contributed by atoms with Gasteiger partial charge in [-0.15, -0.1) is 0 Å². The standard InChI is InChI=1S/C13H25F3N2/c1-2-8-18(9-4-6-13(14,15)16)11-12-5-3-7-17-10-12/h12,17H,2-11H2,1H3. The van der Waals surface area contributed by atoms with Gasteiger partial charge in [0, 0.05) is 13.0 Å². The average molecular weight is 266 g/mol. The fourth-order valence-electron chi connectivity index (χ4n) is 2.56. The number of hydrogen-bond donors (Lipinski definition) is 1. The molecule has 1 fully saturated rings. The smallest absolute Gasteiger partial charge is 0.316 e. The van der Waals surface area contributed by atoms with E-state index in [0.717, 1.165) is 32.6 Å². The van der Waals surface area contributed by atoms with Crippen LogP contribution in [0.2, 0.25) is 0 Å². The topological polar surface area (TPSA) is 15.3 Å². The molecule has 108 valence electrons. The van der Waals surface area contributed by atoms with Crippen LogP contribution in [0.15, 0.2) is 0 Å². The molecule has 0 aromatic rings. The molecule has 1 unspecified atom stereocenters. The Kier molecular flexibility index (Phi) is 7.00. The third-order valence-electron chi connectivity index (χ3n) is 3.39. The summed E-state index contributed by atoms with van der Waals surface area (Å²) in [7, 11) is 0. The quantitative estimate of drug-likeness (QED) is 0.762. The summed E-state index contributed by atoms with van der Waals surface area (Å²) >= 11 is 0. The van der Waals surface area contributed by atoms with Gasteiger partial charge >= 0.3 is 6.18 Å². The van der Waals surface area contributed by atoms with Crippen LogP contribution in [0.4, 0.5) is 13.2 Å². The monoisotopic (exact) mass is 266 g/mol. The van der Waals surface area contributed by atoms with Gasteiger partial charge in [-0.2, -0.15) is 13.2 Å². The summed E-state index contributed by atoms with van der Waals surface area (Å²) < 4.78 is 36.4. The van der Waals surface area contributed by atoms with Crippen molar-refractivity contribution in [3.8, 4) is 0 Å². The Labute approximate surface area is 108 Å². The minimum absolute atomic E-state index is 0.226. The lowest BCUT2D eigenvalue weighted by Crippen LogP contribution is -2.39. The van der Waals surface area contributed by atoms with Gasteiger partial charge in [0.1, 0.15) is 0 Å². The van der Waals surface area contributed by atoms with E-state index in [2.05, 4.69) is 17.1 Å². The van der Waals surface area contributed by atoms with Gasteiger partial charge in [0.15, 0.2) is 0 Å². The van der Waals surface area contributed by atoms with E-state index in [1.165, 1.54) is 12.8 Å². The molecule has 0 aromatic carbocycles. The van der Waals surface area contributed by atoms with Gasteiger partial charge in [-0.3, -0.25) is 0 Å². The molecule has 0 bridgehead atoms. The molecule has 1 aliphatic rings. The van der Waals surface area contributed by atoms with Crippen LogP contribution in [0.5, 0.6) is 0 Å². The van der Waals surface area contributed by atoms with Crippen LogP contribution in [-0.2, 0) is 0 Å². The molecule has 1 rings (SSSR count). The predicted molar refractivity (Wildman–Crippen MR) is 67.6 cm³/mol. The second kappa shape index (κ2) is 8.00. The highest BCUT2D eigenvalue weighted by molar-refractivity contribution is 4.73. The molecule has 1 aliphatic heterocycles. The van der Waals surface area contributed by atoms with Gasteiger partial charge in [-0.25, -0.2) is 0 Å². The van der Waals surface area contributed by atoms with E-state index in [9.17, 15) is 13.2 Å². The lowest BCUT2D eigenvalue weighted by molar-refractivity contribution is -0.136. The molecule has 0 aromatic heterocycles. The Morgan fingerprint density at radius 3 is 2.61 bits per heavy atom. The van der Waals surface area contributed by atoms with Crippen molar-refractivity contribution < 1.29 is 13.2 Å². The molecule has 1 saturated heterocycles. The van der Waals surface area contributed by atoms with E-state index in [1.807, 2.05) is 0 Å². The summed E-state index contributed by atoms with van der Waals surface area (Å²) in [4.78, 5) is 2.20. The van der Waals surface area contributed by atoms with E-state index in [-0.39, 0.29) is 6.42 Å². The van der Waals surface area contributed by atoms with Gasteiger partial charge < -0.3 is 10.2 Å². The summed E-state index contributed by atoms with van der Waals surface area (Å²) in [5, 5.41) is 3.36. The fourth-order valence-corrected chi connectivity index (χ4v) is 2.56. The predicted octanol–water partition coefficient (Wildman–Crippen LogP) is 3.04. The van der Waals surface area contributed by atoms with Crippen molar-refractivity contribution in [2.24, 2.45) is 5.92 Å². The van der Waals surface area contributed by atoms with Gasteiger partial charge in [0.05, 0.1) is 0 Å².